The highest BCUT2D eigenvalue weighted by molar-refractivity contribution is 7.19. The number of benzene rings is 1. The van der Waals surface area contributed by atoms with Crippen LogP contribution in [0.5, 0.6) is 0 Å². The van der Waals surface area contributed by atoms with Gasteiger partial charge in [0.2, 0.25) is 4.96 Å². The minimum Gasteiger partial charge on any atom is -0.396 e. The van der Waals surface area contributed by atoms with Gasteiger partial charge in [-0.2, -0.15) is 9.61 Å². The second-order valence-electron chi connectivity index (χ2n) is 5.58. The SMILES string of the molecule is CC(C)(C)c1nnc2sc(-c3cccc(F)c3N)nn12. The van der Waals surface area contributed by atoms with Crippen molar-refractivity contribution in [3.05, 3.63) is 29.8 Å². The molecule has 2 aromatic heterocycles. The lowest BCUT2D eigenvalue weighted by Crippen LogP contribution is -2.16. The first-order chi connectivity index (χ1) is 9.38. The maximum Gasteiger partial charge on any atom is 0.235 e. The lowest BCUT2D eigenvalue weighted by Gasteiger charge is -2.13. The van der Waals surface area contributed by atoms with Crippen LogP contribution in [0.25, 0.3) is 15.5 Å². The predicted octanol–water partition coefficient (Wildman–Crippen LogP) is 2.87. The lowest BCUT2D eigenvalue weighted by atomic mass is 9.96. The van der Waals surface area contributed by atoms with Crippen LogP contribution in [0.1, 0.15) is 26.6 Å². The summed E-state index contributed by atoms with van der Waals surface area (Å²) in [5.41, 5.74) is 6.30. The Labute approximate surface area is 119 Å². The molecule has 0 fully saturated rings. The molecule has 0 amide bonds. The Morgan fingerprint density at radius 1 is 1.25 bits per heavy atom. The van der Waals surface area contributed by atoms with Gasteiger partial charge in [0, 0.05) is 11.0 Å². The van der Waals surface area contributed by atoms with E-state index in [1.165, 1.54) is 17.4 Å². The summed E-state index contributed by atoms with van der Waals surface area (Å²) in [6.45, 7) is 6.12. The zero-order chi connectivity index (χ0) is 14.5. The molecule has 2 N–H and O–H groups in total. The van der Waals surface area contributed by atoms with Crippen molar-refractivity contribution in [1.82, 2.24) is 19.8 Å². The molecule has 0 saturated carbocycles. The van der Waals surface area contributed by atoms with Crippen molar-refractivity contribution in [2.75, 3.05) is 5.73 Å². The molecular formula is C13H14FN5S. The van der Waals surface area contributed by atoms with E-state index in [9.17, 15) is 4.39 Å². The molecule has 3 rings (SSSR count). The van der Waals surface area contributed by atoms with Crippen LogP contribution in [-0.2, 0) is 5.41 Å². The summed E-state index contributed by atoms with van der Waals surface area (Å²) < 4.78 is 15.2. The van der Waals surface area contributed by atoms with E-state index in [0.717, 1.165) is 5.82 Å². The number of halogens is 1. The highest BCUT2D eigenvalue weighted by Gasteiger charge is 2.24. The Balaban J connectivity index is 2.19. The average Bonchev–Trinajstić information content (AvgIpc) is 2.90. The highest BCUT2D eigenvalue weighted by Crippen LogP contribution is 2.32. The van der Waals surface area contributed by atoms with Gasteiger partial charge < -0.3 is 5.73 Å². The van der Waals surface area contributed by atoms with Crippen molar-refractivity contribution < 1.29 is 4.39 Å². The third kappa shape index (κ3) is 1.94. The molecule has 1 aromatic carbocycles. The molecule has 104 valence electrons. The number of hydrogen-bond acceptors (Lipinski definition) is 5. The average molecular weight is 291 g/mol. The molecule has 0 saturated heterocycles. The second-order valence-corrected chi connectivity index (χ2v) is 6.53. The summed E-state index contributed by atoms with van der Waals surface area (Å²) in [4.78, 5) is 0.675. The van der Waals surface area contributed by atoms with E-state index in [0.29, 0.717) is 15.5 Å². The summed E-state index contributed by atoms with van der Waals surface area (Å²) in [7, 11) is 0. The molecule has 0 bridgehead atoms. The summed E-state index contributed by atoms with van der Waals surface area (Å²) in [5.74, 6) is 0.328. The first-order valence-electron chi connectivity index (χ1n) is 6.15. The fraction of sp³-hybridized carbons (Fsp3) is 0.308. The maximum atomic E-state index is 13.5. The number of rotatable bonds is 1. The van der Waals surface area contributed by atoms with Crippen LogP contribution in [0.3, 0.4) is 0 Å². The smallest absolute Gasteiger partial charge is 0.235 e. The standard InChI is InChI=1S/C13H14FN5S/c1-13(2,3)11-16-17-12-19(11)18-10(20-12)7-5-4-6-8(14)9(7)15/h4-6H,15H2,1-3H3. The number of nitrogen functional groups attached to an aromatic ring is 1. The van der Waals surface area contributed by atoms with Crippen LogP contribution >= 0.6 is 11.3 Å². The van der Waals surface area contributed by atoms with Crippen molar-refractivity contribution in [3.63, 3.8) is 0 Å². The molecule has 5 nitrogen and oxygen atoms in total. The van der Waals surface area contributed by atoms with Crippen LogP contribution in [0.15, 0.2) is 18.2 Å². The number of hydrogen-bond donors (Lipinski definition) is 1. The van der Waals surface area contributed by atoms with E-state index in [2.05, 4.69) is 15.3 Å². The van der Waals surface area contributed by atoms with Gasteiger partial charge in [-0.25, -0.2) is 4.39 Å². The van der Waals surface area contributed by atoms with Gasteiger partial charge in [-0.05, 0) is 12.1 Å². The van der Waals surface area contributed by atoms with Gasteiger partial charge in [-0.15, -0.1) is 10.2 Å². The van der Waals surface area contributed by atoms with Crippen LogP contribution in [-0.4, -0.2) is 19.8 Å². The van der Waals surface area contributed by atoms with Gasteiger partial charge in [-0.1, -0.05) is 38.2 Å². The molecule has 0 unspecified atom stereocenters. The van der Waals surface area contributed by atoms with Gasteiger partial charge in [0.05, 0.1) is 5.69 Å². The summed E-state index contributed by atoms with van der Waals surface area (Å²) >= 11 is 1.34. The predicted molar refractivity (Wildman–Crippen MR) is 77.2 cm³/mol. The molecule has 0 radical (unpaired) electrons. The number of aromatic nitrogens is 4. The fourth-order valence-corrected chi connectivity index (χ4v) is 2.80. The molecule has 2 heterocycles. The summed E-state index contributed by atoms with van der Waals surface area (Å²) in [5, 5.41) is 13.4. The summed E-state index contributed by atoms with van der Waals surface area (Å²) in [6.07, 6.45) is 0. The van der Waals surface area contributed by atoms with Gasteiger partial charge >= 0.3 is 0 Å². The van der Waals surface area contributed by atoms with E-state index in [1.54, 1.807) is 16.6 Å². The highest BCUT2D eigenvalue weighted by atomic mass is 32.1. The van der Waals surface area contributed by atoms with E-state index < -0.39 is 5.82 Å². The zero-order valence-electron chi connectivity index (χ0n) is 11.4. The van der Waals surface area contributed by atoms with Crippen molar-refractivity contribution >= 4 is 22.0 Å². The third-order valence-corrected chi connectivity index (χ3v) is 3.88. The third-order valence-electron chi connectivity index (χ3n) is 2.95. The Hall–Kier alpha value is -2.02. The molecule has 20 heavy (non-hydrogen) atoms. The summed E-state index contributed by atoms with van der Waals surface area (Å²) in [6, 6.07) is 4.70. The molecule has 0 aliphatic carbocycles. The van der Waals surface area contributed by atoms with Crippen molar-refractivity contribution in [2.45, 2.75) is 26.2 Å². The van der Waals surface area contributed by atoms with Gasteiger partial charge in [-0.3, -0.25) is 0 Å². The second kappa shape index (κ2) is 4.24. The monoisotopic (exact) mass is 291 g/mol. The largest absolute Gasteiger partial charge is 0.396 e. The number of para-hydroxylation sites is 1. The number of nitrogens with two attached hydrogens (primary N) is 1. The fourth-order valence-electron chi connectivity index (χ4n) is 1.92. The molecule has 0 spiro atoms. The Morgan fingerprint density at radius 3 is 2.70 bits per heavy atom. The van der Waals surface area contributed by atoms with Gasteiger partial charge in [0.25, 0.3) is 0 Å². The van der Waals surface area contributed by atoms with Gasteiger partial charge in [0.1, 0.15) is 10.8 Å². The van der Waals surface area contributed by atoms with Crippen LogP contribution in [0.2, 0.25) is 0 Å². The number of fused-ring (bicyclic) bond motifs is 1. The quantitative estimate of drug-likeness (QED) is 0.700. The van der Waals surface area contributed by atoms with Crippen LogP contribution < -0.4 is 5.73 Å². The Bertz CT molecular complexity index is 784. The minimum atomic E-state index is -0.440. The molecule has 0 atom stereocenters. The van der Waals surface area contributed by atoms with E-state index in [1.807, 2.05) is 20.8 Å². The van der Waals surface area contributed by atoms with E-state index in [-0.39, 0.29) is 11.1 Å². The molecule has 0 aliphatic heterocycles. The molecule has 3 aromatic rings. The van der Waals surface area contributed by atoms with Crippen molar-refractivity contribution in [3.8, 4) is 10.6 Å². The van der Waals surface area contributed by atoms with E-state index in [4.69, 9.17) is 5.73 Å². The topological polar surface area (TPSA) is 69.1 Å². The molecule has 0 aliphatic rings. The number of anilines is 1. The molecular weight excluding hydrogens is 277 g/mol. The Kier molecular flexibility index (Phi) is 2.75. The lowest BCUT2D eigenvalue weighted by molar-refractivity contribution is 0.528. The Morgan fingerprint density at radius 2 is 2.00 bits per heavy atom. The zero-order valence-corrected chi connectivity index (χ0v) is 12.2. The normalized spacial score (nSPS) is 12.2. The molecule has 7 heteroatoms. The number of nitrogens with zero attached hydrogens (tertiary/aromatic N) is 4. The first-order valence-corrected chi connectivity index (χ1v) is 6.96. The van der Waals surface area contributed by atoms with Crippen LogP contribution in [0.4, 0.5) is 10.1 Å². The van der Waals surface area contributed by atoms with Crippen LogP contribution in [0, 0.1) is 5.82 Å². The first kappa shape index (κ1) is 13.0. The van der Waals surface area contributed by atoms with E-state index >= 15 is 0 Å². The van der Waals surface area contributed by atoms with Crippen molar-refractivity contribution in [1.29, 1.82) is 0 Å². The van der Waals surface area contributed by atoms with Gasteiger partial charge in [0.15, 0.2) is 5.82 Å². The maximum absolute atomic E-state index is 13.5. The minimum absolute atomic E-state index is 0.106. The van der Waals surface area contributed by atoms with Crippen molar-refractivity contribution in [2.24, 2.45) is 0 Å².